The first kappa shape index (κ1) is 15.3. The molecule has 5 nitrogen and oxygen atoms in total. The standard InChI is InChI=1S/C18H20N4O/c1-20-7-9-21(10-8-20)17-4-2-3-15(11-17)13-22-14-16(12-19)5-6-18(22)23/h2-6,11,14H,7-10,13H2,1H3. The van der Waals surface area contributed by atoms with Gasteiger partial charge in [-0.25, -0.2) is 0 Å². The molecule has 0 amide bonds. The first-order chi connectivity index (χ1) is 11.2. The molecule has 0 radical (unpaired) electrons. The third-order valence-corrected chi connectivity index (χ3v) is 4.24. The van der Waals surface area contributed by atoms with E-state index in [4.69, 9.17) is 5.26 Å². The van der Waals surface area contributed by atoms with Crippen molar-refractivity contribution < 1.29 is 0 Å². The lowest BCUT2D eigenvalue weighted by Crippen LogP contribution is -2.44. The van der Waals surface area contributed by atoms with E-state index in [-0.39, 0.29) is 5.56 Å². The average Bonchev–Trinajstić information content (AvgIpc) is 2.58. The fourth-order valence-electron chi connectivity index (χ4n) is 2.83. The predicted octanol–water partition coefficient (Wildman–Crippen LogP) is 1.52. The summed E-state index contributed by atoms with van der Waals surface area (Å²) in [6, 6.07) is 13.4. The Kier molecular flexibility index (Phi) is 4.45. The smallest absolute Gasteiger partial charge is 0.250 e. The molecule has 118 valence electrons. The van der Waals surface area contributed by atoms with Crippen LogP contribution in [0.2, 0.25) is 0 Å². The third-order valence-electron chi connectivity index (χ3n) is 4.24. The highest BCUT2D eigenvalue weighted by atomic mass is 16.1. The molecule has 1 aromatic heterocycles. The summed E-state index contributed by atoms with van der Waals surface area (Å²) in [5, 5.41) is 8.98. The van der Waals surface area contributed by atoms with Gasteiger partial charge in [0.1, 0.15) is 6.07 Å². The average molecular weight is 308 g/mol. The van der Waals surface area contributed by atoms with Gasteiger partial charge in [0, 0.05) is 44.1 Å². The third kappa shape index (κ3) is 3.61. The Hall–Kier alpha value is -2.58. The number of rotatable bonds is 3. The normalized spacial score (nSPS) is 15.4. The number of aromatic nitrogens is 1. The summed E-state index contributed by atoms with van der Waals surface area (Å²) in [5.41, 5.74) is 2.67. The van der Waals surface area contributed by atoms with Crippen LogP contribution in [0.5, 0.6) is 0 Å². The van der Waals surface area contributed by atoms with E-state index in [9.17, 15) is 4.79 Å². The van der Waals surface area contributed by atoms with Crippen LogP contribution in [-0.2, 0) is 6.54 Å². The maximum atomic E-state index is 12.0. The fourth-order valence-corrected chi connectivity index (χ4v) is 2.83. The highest BCUT2D eigenvalue weighted by molar-refractivity contribution is 5.49. The molecule has 1 aliphatic heterocycles. The monoisotopic (exact) mass is 308 g/mol. The van der Waals surface area contributed by atoms with Crippen molar-refractivity contribution in [3.63, 3.8) is 0 Å². The van der Waals surface area contributed by atoms with Gasteiger partial charge in [0.2, 0.25) is 0 Å². The minimum Gasteiger partial charge on any atom is -0.369 e. The molecule has 1 aromatic carbocycles. The van der Waals surface area contributed by atoms with Gasteiger partial charge in [-0.2, -0.15) is 5.26 Å². The van der Waals surface area contributed by atoms with Crippen molar-refractivity contribution in [1.29, 1.82) is 5.26 Å². The van der Waals surface area contributed by atoms with Crippen molar-refractivity contribution in [2.24, 2.45) is 0 Å². The maximum Gasteiger partial charge on any atom is 0.250 e. The van der Waals surface area contributed by atoms with Gasteiger partial charge in [0.15, 0.2) is 0 Å². The van der Waals surface area contributed by atoms with Crippen molar-refractivity contribution in [3.8, 4) is 6.07 Å². The van der Waals surface area contributed by atoms with Gasteiger partial charge in [-0.1, -0.05) is 12.1 Å². The summed E-state index contributed by atoms with van der Waals surface area (Å²) in [6.07, 6.45) is 1.62. The number of anilines is 1. The molecule has 0 unspecified atom stereocenters. The number of nitriles is 1. The molecule has 0 N–H and O–H groups in total. The van der Waals surface area contributed by atoms with Gasteiger partial charge in [-0.3, -0.25) is 4.79 Å². The van der Waals surface area contributed by atoms with E-state index in [1.54, 1.807) is 16.8 Å². The lowest BCUT2D eigenvalue weighted by molar-refractivity contribution is 0.313. The highest BCUT2D eigenvalue weighted by Crippen LogP contribution is 2.18. The number of likely N-dealkylation sites (N-methyl/N-ethyl adjacent to an activating group) is 1. The van der Waals surface area contributed by atoms with Crippen LogP contribution in [0.4, 0.5) is 5.69 Å². The van der Waals surface area contributed by atoms with Gasteiger partial charge in [-0.15, -0.1) is 0 Å². The lowest BCUT2D eigenvalue weighted by atomic mass is 10.1. The van der Waals surface area contributed by atoms with Crippen molar-refractivity contribution in [2.75, 3.05) is 38.1 Å². The Labute approximate surface area is 136 Å². The van der Waals surface area contributed by atoms with Gasteiger partial charge in [-0.05, 0) is 30.8 Å². The molecule has 5 heteroatoms. The van der Waals surface area contributed by atoms with Crippen molar-refractivity contribution in [3.05, 3.63) is 64.1 Å². The Morgan fingerprint density at radius 2 is 1.91 bits per heavy atom. The minimum atomic E-state index is -0.0889. The molecule has 23 heavy (non-hydrogen) atoms. The number of hydrogen-bond donors (Lipinski definition) is 0. The molecule has 0 atom stereocenters. The molecule has 3 rings (SSSR count). The second kappa shape index (κ2) is 6.67. The van der Waals surface area contributed by atoms with E-state index in [2.05, 4.69) is 35.0 Å². The number of nitrogens with zero attached hydrogens (tertiary/aromatic N) is 4. The molecule has 1 aliphatic rings. The van der Waals surface area contributed by atoms with E-state index < -0.39 is 0 Å². The first-order valence-electron chi connectivity index (χ1n) is 7.79. The SMILES string of the molecule is CN1CCN(c2cccc(Cn3cc(C#N)ccc3=O)c2)CC1. The first-order valence-corrected chi connectivity index (χ1v) is 7.79. The Balaban J connectivity index is 1.81. The molecular weight excluding hydrogens is 288 g/mol. The zero-order valence-corrected chi connectivity index (χ0v) is 13.3. The second-order valence-corrected chi connectivity index (χ2v) is 5.96. The zero-order chi connectivity index (χ0) is 16.2. The van der Waals surface area contributed by atoms with Crippen molar-refractivity contribution >= 4 is 5.69 Å². The lowest BCUT2D eigenvalue weighted by Gasteiger charge is -2.34. The molecule has 2 heterocycles. The van der Waals surface area contributed by atoms with Gasteiger partial charge in [0.25, 0.3) is 5.56 Å². The number of piperazine rings is 1. The molecule has 0 aliphatic carbocycles. The van der Waals surface area contributed by atoms with Crippen LogP contribution in [0.25, 0.3) is 0 Å². The van der Waals surface area contributed by atoms with Crippen LogP contribution >= 0.6 is 0 Å². The van der Waals surface area contributed by atoms with Crippen LogP contribution in [0, 0.1) is 11.3 Å². The maximum absolute atomic E-state index is 12.0. The Morgan fingerprint density at radius 3 is 2.65 bits per heavy atom. The zero-order valence-electron chi connectivity index (χ0n) is 13.3. The van der Waals surface area contributed by atoms with E-state index >= 15 is 0 Å². The van der Waals surface area contributed by atoms with E-state index in [1.807, 2.05) is 12.1 Å². The van der Waals surface area contributed by atoms with Gasteiger partial charge < -0.3 is 14.4 Å². The van der Waals surface area contributed by atoms with Gasteiger partial charge in [0.05, 0.1) is 12.1 Å². The number of hydrogen-bond acceptors (Lipinski definition) is 4. The van der Waals surface area contributed by atoms with Crippen LogP contribution in [0.1, 0.15) is 11.1 Å². The molecule has 0 saturated carbocycles. The molecule has 1 saturated heterocycles. The molecular formula is C18H20N4O. The summed E-state index contributed by atoms with van der Waals surface area (Å²) in [4.78, 5) is 16.7. The summed E-state index contributed by atoms with van der Waals surface area (Å²) >= 11 is 0. The second-order valence-electron chi connectivity index (χ2n) is 5.96. The van der Waals surface area contributed by atoms with Crippen LogP contribution < -0.4 is 10.5 Å². The summed E-state index contributed by atoms with van der Waals surface area (Å²) in [7, 11) is 2.14. The van der Waals surface area contributed by atoms with Crippen molar-refractivity contribution in [2.45, 2.75) is 6.54 Å². The van der Waals surface area contributed by atoms with Crippen LogP contribution in [0.15, 0.2) is 47.4 Å². The van der Waals surface area contributed by atoms with E-state index in [0.717, 1.165) is 31.7 Å². The molecule has 0 spiro atoms. The summed E-state index contributed by atoms with van der Waals surface area (Å²) in [5.74, 6) is 0. The van der Waals surface area contributed by atoms with E-state index in [1.165, 1.54) is 11.8 Å². The van der Waals surface area contributed by atoms with Crippen molar-refractivity contribution in [1.82, 2.24) is 9.47 Å². The topological polar surface area (TPSA) is 52.3 Å². The quantitative estimate of drug-likeness (QED) is 0.863. The van der Waals surface area contributed by atoms with Gasteiger partial charge >= 0.3 is 0 Å². The summed E-state index contributed by atoms with van der Waals surface area (Å²) < 4.78 is 1.58. The van der Waals surface area contributed by atoms with Crippen LogP contribution in [-0.4, -0.2) is 42.7 Å². The molecule has 2 aromatic rings. The number of pyridine rings is 1. The molecule has 0 bridgehead atoms. The largest absolute Gasteiger partial charge is 0.369 e. The summed E-state index contributed by atoms with van der Waals surface area (Å²) in [6.45, 7) is 4.64. The Bertz CT molecular complexity index is 782. The molecule has 1 fully saturated rings. The number of benzene rings is 1. The van der Waals surface area contributed by atoms with E-state index in [0.29, 0.717) is 12.1 Å². The Morgan fingerprint density at radius 1 is 1.13 bits per heavy atom. The highest BCUT2D eigenvalue weighted by Gasteiger charge is 2.14. The fraction of sp³-hybridized carbons (Fsp3) is 0.333. The van der Waals surface area contributed by atoms with Crippen LogP contribution in [0.3, 0.4) is 0 Å². The predicted molar refractivity (Wildman–Crippen MR) is 90.7 cm³/mol. The minimum absolute atomic E-state index is 0.0889.